The van der Waals surface area contributed by atoms with Gasteiger partial charge in [-0.25, -0.2) is 18.5 Å². The minimum atomic E-state index is -4.50. The van der Waals surface area contributed by atoms with Gasteiger partial charge in [-0.15, -0.1) is 0 Å². The standard InChI is InChI=1S/C14H13ClF3N3O2S/c15-12-7-10(14(16,17)18)8-21-13(12)20-6-5-9-1-3-11(4-2-9)24(19,22)23/h1-4,7-8H,5-6H2,(H,20,21)(H2,19,22,23). The number of nitrogens with two attached hydrogens (primary N) is 1. The Bertz CT molecular complexity index is 824. The Morgan fingerprint density at radius 3 is 2.33 bits per heavy atom. The Morgan fingerprint density at radius 1 is 1.21 bits per heavy atom. The number of anilines is 1. The Morgan fingerprint density at radius 2 is 1.83 bits per heavy atom. The second kappa shape index (κ2) is 6.96. The maximum atomic E-state index is 12.5. The van der Waals surface area contributed by atoms with Gasteiger partial charge in [0.15, 0.2) is 0 Å². The van der Waals surface area contributed by atoms with Gasteiger partial charge in [0, 0.05) is 12.7 Å². The zero-order valence-electron chi connectivity index (χ0n) is 12.1. The highest BCUT2D eigenvalue weighted by atomic mass is 35.5. The Kier molecular flexibility index (Phi) is 5.36. The van der Waals surface area contributed by atoms with E-state index < -0.39 is 21.8 Å². The molecule has 3 N–H and O–H groups in total. The molecule has 10 heteroatoms. The van der Waals surface area contributed by atoms with Crippen LogP contribution in [0.5, 0.6) is 0 Å². The molecule has 0 unspecified atom stereocenters. The Labute approximate surface area is 141 Å². The molecule has 1 aromatic carbocycles. The normalized spacial score (nSPS) is 12.2. The van der Waals surface area contributed by atoms with E-state index in [9.17, 15) is 21.6 Å². The topological polar surface area (TPSA) is 85.1 Å². The lowest BCUT2D eigenvalue weighted by atomic mass is 10.1. The van der Waals surface area contributed by atoms with E-state index in [4.69, 9.17) is 16.7 Å². The van der Waals surface area contributed by atoms with Crippen molar-refractivity contribution in [2.75, 3.05) is 11.9 Å². The first kappa shape index (κ1) is 18.5. The van der Waals surface area contributed by atoms with Crippen molar-refractivity contribution in [3.8, 4) is 0 Å². The first-order valence-electron chi connectivity index (χ1n) is 6.66. The highest BCUT2D eigenvalue weighted by molar-refractivity contribution is 7.89. The molecule has 1 heterocycles. The van der Waals surface area contributed by atoms with Crippen LogP contribution in [0.2, 0.25) is 5.02 Å². The molecule has 0 aliphatic heterocycles. The van der Waals surface area contributed by atoms with Crippen LogP contribution in [0, 0.1) is 0 Å². The Balaban J connectivity index is 1.97. The van der Waals surface area contributed by atoms with Gasteiger partial charge < -0.3 is 5.32 Å². The van der Waals surface area contributed by atoms with Crippen LogP contribution in [0.3, 0.4) is 0 Å². The van der Waals surface area contributed by atoms with E-state index in [0.717, 1.165) is 11.6 Å². The minimum absolute atomic E-state index is 0.00617. The fourth-order valence-electron chi connectivity index (χ4n) is 1.89. The third-order valence-electron chi connectivity index (χ3n) is 3.13. The summed E-state index contributed by atoms with van der Waals surface area (Å²) in [5, 5.41) is 7.70. The van der Waals surface area contributed by atoms with Gasteiger partial charge in [0.05, 0.1) is 15.5 Å². The summed E-state index contributed by atoms with van der Waals surface area (Å²) in [5.41, 5.74) is -0.102. The molecule has 130 valence electrons. The molecule has 2 rings (SSSR count). The quantitative estimate of drug-likeness (QED) is 0.836. The van der Waals surface area contributed by atoms with E-state index in [0.29, 0.717) is 19.2 Å². The van der Waals surface area contributed by atoms with Gasteiger partial charge in [-0.3, -0.25) is 0 Å². The number of nitrogens with zero attached hydrogens (tertiary/aromatic N) is 1. The number of nitrogens with one attached hydrogen (secondary N) is 1. The summed E-state index contributed by atoms with van der Waals surface area (Å²) < 4.78 is 59.8. The van der Waals surface area contributed by atoms with Gasteiger partial charge in [-0.1, -0.05) is 23.7 Å². The lowest BCUT2D eigenvalue weighted by molar-refractivity contribution is -0.137. The van der Waals surface area contributed by atoms with Crippen LogP contribution in [0.1, 0.15) is 11.1 Å². The van der Waals surface area contributed by atoms with Crippen molar-refractivity contribution in [1.82, 2.24) is 4.98 Å². The fraction of sp³-hybridized carbons (Fsp3) is 0.214. The molecule has 0 aliphatic carbocycles. The lowest BCUT2D eigenvalue weighted by Crippen LogP contribution is -2.12. The van der Waals surface area contributed by atoms with Crippen LogP contribution in [0.15, 0.2) is 41.4 Å². The summed E-state index contributed by atoms with van der Waals surface area (Å²) >= 11 is 5.78. The minimum Gasteiger partial charge on any atom is -0.369 e. The number of hydrogen-bond donors (Lipinski definition) is 2. The molecule has 5 nitrogen and oxygen atoms in total. The molecule has 0 aliphatic rings. The molecule has 0 fully saturated rings. The molecule has 24 heavy (non-hydrogen) atoms. The van der Waals surface area contributed by atoms with Crippen LogP contribution in [0.25, 0.3) is 0 Å². The fourth-order valence-corrected chi connectivity index (χ4v) is 2.64. The van der Waals surface area contributed by atoms with E-state index in [1.807, 2.05) is 0 Å². The summed E-state index contributed by atoms with van der Waals surface area (Å²) in [5.74, 6) is 0.144. The maximum Gasteiger partial charge on any atom is 0.417 e. The summed E-state index contributed by atoms with van der Waals surface area (Å²) in [4.78, 5) is 3.67. The summed E-state index contributed by atoms with van der Waals surface area (Å²) in [6.07, 6.45) is -3.31. The molecular weight excluding hydrogens is 367 g/mol. The van der Waals surface area contributed by atoms with Crippen LogP contribution < -0.4 is 10.5 Å². The smallest absolute Gasteiger partial charge is 0.369 e. The average molecular weight is 380 g/mol. The highest BCUT2D eigenvalue weighted by Crippen LogP contribution is 2.32. The van der Waals surface area contributed by atoms with Crippen molar-refractivity contribution in [1.29, 1.82) is 0 Å². The molecule has 0 atom stereocenters. The summed E-state index contributed by atoms with van der Waals surface area (Å²) in [6.45, 7) is 0.354. The third kappa shape index (κ3) is 4.83. The molecule has 0 radical (unpaired) electrons. The number of benzene rings is 1. The van der Waals surface area contributed by atoms with Crippen molar-refractivity contribution < 1.29 is 21.6 Å². The van der Waals surface area contributed by atoms with E-state index >= 15 is 0 Å². The van der Waals surface area contributed by atoms with Crippen molar-refractivity contribution in [3.05, 3.63) is 52.7 Å². The van der Waals surface area contributed by atoms with Crippen LogP contribution >= 0.6 is 11.6 Å². The molecule has 2 aromatic rings. The van der Waals surface area contributed by atoms with E-state index in [-0.39, 0.29) is 15.7 Å². The van der Waals surface area contributed by atoms with E-state index in [1.165, 1.54) is 12.1 Å². The van der Waals surface area contributed by atoms with Gasteiger partial charge in [-0.2, -0.15) is 13.2 Å². The number of pyridine rings is 1. The molecule has 0 saturated carbocycles. The largest absolute Gasteiger partial charge is 0.417 e. The number of rotatable bonds is 5. The van der Waals surface area contributed by atoms with Crippen LogP contribution in [0.4, 0.5) is 19.0 Å². The molecule has 0 spiro atoms. The molecule has 0 amide bonds. The van der Waals surface area contributed by atoms with Crippen LogP contribution in [-0.4, -0.2) is 19.9 Å². The number of alkyl halides is 3. The van der Waals surface area contributed by atoms with Crippen LogP contribution in [-0.2, 0) is 22.6 Å². The molecule has 1 aromatic heterocycles. The number of sulfonamides is 1. The van der Waals surface area contributed by atoms with Crippen molar-refractivity contribution >= 4 is 27.4 Å². The van der Waals surface area contributed by atoms with E-state index in [2.05, 4.69) is 10.3 Å². The highest BCUT2D eigenvalue weighted by Gasteiger charge is 2.31. The summed E-state index contributed by atoms with van der Waals surface area (Å²) in [6, 6.07) is 6.77. The molecular formula is C14H13ClF3N3O2S. The monoisotopic (exact) mass is 379 g/mol. The average Bonchev–Trinajstić information content (AvgIpc) is 2.47. The number of primary sulfonamides is 1. The third-order valence-corrected chi connectivity index (χ3v) is 4.34. The van der Waals surface area contributed by atoms with Crippen molar-refractivity contribution in [2.24, 2.45) is 5.14 Å². The Hall–Kier alpha value is -1.84. The van der Waals surface area contributed by atoms with Crippen molar-refractivity contribution in [2.45, 2.75) is 17.5 Å². The van der Waals surface area contributed by atoms with E-state index in [1.54, 1.807) is 12.1 Å². The number of aromatic nitrogens is 1. The number of hydrogen-bond acceptors (Lipinski definition) is 4. The summed E-state index contributed by atoms with van der Waals surface area (Å²) in [7, 11) is -3.74. The molecule has 0 bridgehead atoms. The number of halogens is 4. The zero-order valence-corrected chi connectivity index (χ0v) is 13.7. The zero-order chi connectivity index (χ0) is 18.0. The van der Waals surface area contributed by atoms with Gasteiger partial charge in [0.2, 0.25) is 10.0 Å². The lowest BCUT2D eigenvalue weighted by Gasteiger charge is -2.11. The van der Waals surface area contributed by atoms with Gasteiger partial charge in [-0.05, 0) is 30.2 Å². The van der Waals surface area contributed by atoms with Crippen molar-refractivity contribution in [3.63, 3.8) is 0 Å². The van der Waals surface area contributed by atoms with Gasteiger partial charge >= 0.3 is 6.18 Å². The second-order valence-corrected chi connectivity index (χ2v) is 6.89. The predicted octanol–water partition coefficient (Wildman–Crippen LogP) is 3.06. The predicted molar refractivity (Wildman–Crippen MR) is 84.3 cm³/mol. The second-order valence-electron chi connectivity index (χ2n) is 4.92. The first-order chi connectivity index (χ1) is 11.1. The van der Waals surface area contributed by atoms with Gasteiger partial charge in [0.1, 0.15) is 5.82 Å². The molecule has 0 saturated heterocycles. The van der Waals surface area contributed by atoms with Gasteiger partial charge in [0.25, 0.3) is 0 Å². The first-order valence-corrected chi connectivity index (χ1v) is 8.58. The maximum absolute atomic E-state index is 12.5. The SMILES string of the molecule is NS(=O)(=O)c1ccc(CCNc2ncc(C(F)(F)F)cc2Cl)cc1.